The zero-order valence-corrected chi connectivity index (χ0v) is 20.4. The molecule has 0 saturated carbocycles. The molecule has 0 atom stereocenters. The molecule has 1 saturated heterocycles. The Balaban J connectivity index is 1.38. The molecule has 3 heterocycles. The molecule has 0 spiro atoms. The number of nitro groups is 1. The molecule has 0 radical (unpaired) electrons. The zero-order chi connectivity index (χ0) is 25.1. The SMILES string of the molecule is N#CC1(c2ccccc2)CCN(c2ncnc(N3CC=C(c4ccc(Cl)cc4)CC3)c2[N+](=O)[O-])CC1. The number of aromatic nitrogens is 2. The second-order valence-corrected chi connectivity index (χ2v) is 9.54. The quantitative estimate of drug-likeness (QED) is 0.342. The van der Waals surface area contributed by atoms with E-state index in [1.807, 2.05) is 64.4 Å². The predicted molar refractivity (Wildman–Crippen MR) is 140 cm³/mol. The molecule has 36 heavy (non-hydrogen) atoms. The molecule has 0 N–H and O–H groups in total. The van der Waals surface area contributed by atoms with Gasteiger partial charge >= 0.3 is 5.69 Å². The molecule has 2 aliphatic rings. The van der Waals surface area contributed by atoms with Crippen molar-refractivity contribution in [1.29, 1.82) is 5.26 Å². The monoisotopic (exact) mass is 500 g/mol. The van der Waals surface area contributed by atoms with Crippen molar-refractivity contribution in [1.82, 2.24) is 9.97 Å². The van der Waals surface area contributed by atoms with Crippen LogP contribution in [0.5, 0.6) is 0 Å². The van der Waals surface area contributed by atoms with E-state index in [2.05, 4.69) is 22.1 Å². The van der Waals surface area contributed by atoms with Gasteiger partial charge in [0, 0.05) is 31.2 Å². The van der Waals surface area contributed by atoms with Crippen LogP contribution in [-0.2, 0) is 5.41 Å². The Bertz CT molecular complexity index is 1330. The van der Waals surface area contributed by atoms with Crippen LogP contribution in [-0.4, -0.2) is 41.1 Å². The van der Waals surface area contributed by atoms with Gasteiger partial charge < -0.3 is 9.80 Å². The van der Waals surface area contributed by atoms with Gasteiger partial charge in [-0.3, -0.25) is 10.1 Å². The highest BCUT2D eigenvalue weighted by molar-refractivity contribution is 6.30. The van der Waals surface area contributed by atoms with E-state index in [0.717, 1.165) is 17.5 Å². The molecule has 1 fully saturated rings. The first kappa shape index (κ1) is 23.8. The molecule has 0 unspecified atom stereocenters. The van der Waals surface area contributed by atoms with Gasteiger partial charge in [0.1, 0.15) is 6.33 Å². The van der Waals surface area contributed by atoms with Gasteiger partial charge in [-0.15, -0.1) is 0 Å². The fourth-order valence-electron chi connectivity index (χ4n) is 5.10. The molecule has 2 aliphatic heterocycles. The van der Waals surface area contributed by atoms with Crippen LogP contribution >= 0.6 is 11.6 Å². The Hall–Kier alpha value is -3.96. The Labute approximate surface area is 214 Å². The summed E-state index contributed by atoms with van der Waals surface area (Å²) in [7, 11) is 0. The predicted octanol–water partition coefficient (Wildman–Crippen LogP) is 5.39. The minimum absolute atomic E-state index is 0.0787. The van der Waals surface area contributed by atoms with E-state index in [1.54, 1.807) is 0 Å². The third-order valence-corrected chi connectivity index (χ3v) is 7.40. The zero-order valence-electron chi connectivity index (χ0n) is 19.7. The summed E-state index contributed by atoms with van der Waals surface area (Å²) in [6.45, 7) is 2.12. The summed E-state index contributed by atoms with van der Waals surface area (Å²) in [4.78, 5) is 24.4. The summed E-state index contributed by atoms with van der Waals surface area (Å²) >= 11 is 6.01. The lowest BCUT2D eigenvalue weighted by Crippen LogP contribution is -2.42. The lowest BCUT2D eigenvalue weighted by Gasteiger charge is -2.38. The van der Waals surface area contributed by atoms with Crippen LogP contribution in [0.15, 0.2) is 67.0 Å². The van der Waals surface area contributed by atoms with Crippen molar-refractivity contribution in [3.05, 3.63) is 93.3 Å². The standard InChI is InChI=1S/C27H25ClN6O2/c28-23-8-6-20(7-9-23)21-10-14-32(15-11-21)25-24(34(35)36)26(31-19-30-25)33-16-12-27(18-29,13-17-33)22-4-2-1-3-5-22/h1-10,19H,11-17H2. The number of benzene rings is 2. The highest BCUT2D eigenvalue weighted by Gasteiger charge is 2.39. The number of anilines is 2. The smallest absolute Gasteiger partial charge is 0.351 e. The Morgan fingerprint density at radius 3 is 2.22 bits per heavy atom. The first-order chi connectivity index (χ1) is 17.5. The molecule has 5 rings (SSSR count). The van der Waals surface area contributed by atoms with Gasteiger partial charge in [-0.05, 0) is 48.1 Å². The van der Waals surface area contributed by atoms with Crippen LogP contribution in [0, 0.1) is 21.4 Å². The number of piperidine rings is 1. The summed E-state index contributed by atoms with van der Waals surface area (Å²) in [5.41, 5.74) is 2.60. The average Bonchev–Trinajstić information content (AvgIpc) is 2.93. The van der Waals surface area contributed by atoms with Crippen LogP contribution in [0.4, 0.5) is 17.3 Å². The second kappa shape index (κ2) is 9.96. The first-order valence-corrected chi connectivity index (χ1v) is 12.3. The number of nitriles is 1. The van der Waals surface area contributed by atoms with Crippen LogP contribution in [0.25, 0.3) is 5.57 Å². The van der Waals surface area contributed by atoms with E-state index in [1.165, 1.54) is 11.9 Å². The van der Waals surface area contributed by atoms with Crippen LogP contribution in [0.3, 0.4) is 0 Å². The minimum Gasteiger partial charge on any atom is -0.351 e. The van der Waals surface area contributed by atoms with Crippen molar-refractivity contribution in [2.24, 2.45) is 0 Å². The number of hydrogen-bond donors (Lipinski definition) is 0. The summed E-state index contributed by atoms with van der Waals surface area (Å²) in [5.74, 6) is 0.647. The highest BCUT2D eigenvalue weighted by atomic mass is 35.5. The van der Waals surface area contributed by atoms with Crippen LogP contribution in [0.2, 0.25) is 5.02 Å². The van der Waals surface area contributed by atoms with Crippen molar-refractivity contribution in [3.8, 4) is 6.07 Å². The fourth-order valence-corrected chi connectivity index (χ4v) is 5.22. The topological polar surface area (TPSA) is 99.2 Å². The van der Waals surface area contributed by atoms with Gasteiger partial charge in [0.25, 0.3) is 0 Å². The van der Waals surface area contributed by atoms with Crippen LogP contribution < -0.4 is 9.80 Å². The van der Waals surface area contributed by atoms with Gasteiger partial charge in [-0.2, -0.15) is 5.26 Å². The Morgan fingerprint density at radius 2 is 1.64 bits per heavy atom. The van der Waals surface area contributed by atoms with E-state index >= 15 is 0 Å². The Morgan fingerprint density at radius 1 is 0.972 bits per heavy atom. The van der Waals surface area contributed by atoms with Gasteiger partial charge in [0.2, 0.25) is 11.6 Å². The third-order valence-electron chi connectivity index (χ3n) is 7.15. The van der Waals surface area contributed by atoms with Gasteiger partial charge in [0.15, 0.2) is 0 Å². The lowest BCUT2D eigenvalue weighted by atomic mass is 9.74. The molecule has 0 bridgehead atoms. The number of rotatable bonds is 5. The summed E-state index contributed by atoms with van der Waals surface area (Å²) in [5, 5.41) is 22.9. The van der Waals surface area contributed by atoms with Crippen molar-refractivity contribution in [2.75, 3.05) is 36.0 Å². The molecule has 0 aliphatic carbocycles. The van der Waals surface area contributed by atoms with Crippen molar-refractivity contribution in [3.63, 3.8) is 0 Å². The van der Waals surface area contributed by atoms with Gasteiger partial charge in [0.05, 0.1) is 16.4 Å². The molecule has 0 amide bonds. The summed E-state index contributed by atoms with van der Waals surface area (Å²) < 4.78 is 0. The molecule has 1 aromatic heterocycles. The lowest BCUT2D eigenvalue weighted by molar-refractivity contribution is -0.383. The molecule has 2 aromatic carbocycles. The van der Waals surface area contributed by atoms with E-state index in [0.29, 0.717) is 55.7 Å². The van der Waals surface area contributed by atoms with Crippen molar-refractivity contribution >= 4 is 34.5 Å². The summed E-state index contributed by atoms with van der Waals surface area (Å²) in [6.07, 6.45) is 5.37. The number of nitrogens with zero attached hydrogens (tertiary/aromatic N) is 6. The van der Waals surface area contributed by atoms with Gasteiger partial charge in [-0.25, -0.2) is 9.97 Å². The first-order valence-electron chi connectivity index (χ1n) is 11.9. The van der Waals surface area contributed by atoms with E-state index < -0.39 is 5.41 Å². The summed E-state index contributed by atoms with van der Waals surface area (Å²) in [6, 6.07) is 20.0. The molecule has 9 heteroatoms. The highest BCUT2D eigenvalue weighted by Crippen LogP contribution is 2.40. The van der Waals surface area contributed by atoms with E-state index in [9.17, 15) is 15.4 Å². The molecule has 8 nitrogen and oxygen atoms in total. The average molecular weight is 501 g/mol. The Kier molecular flexibility index (Phi) is 6.57. The van der Waals surface area contributed by atoms with Crippen LogP contribution in [0.1, 0.15) is 30.4 Å². The van der Waals surface area contributed by atoms with Crippen molar-refractivity contribution < 1.29 is 4.92 Å². The van der Waals surface area contributed by atoms with E-state index in [-0.39, 0.29) is 10.6 Å². The largest absolute Gasteiger partial charge is 0.353 e. The normalized spacial score (nSPS) is 17.3. The molecule has 3 aromatic rings. The maximum atomic E-state index is 12.2. The van der Waals surface area contributed by atoms with Gasteiger partial charge in [-0.1, -0.05) is 60.1 Å². The van der Waals surface area contributed by atoms with E-state index in [4.69, 9.17) is 11.6 Å². The molecular weight excluding hydrogens is 476 g/mol. The molecule has 182 valence electrons. The maximum absolute atomic E-state index is 12.2. The molecular formula is C27H25ClN6O2. The maximum Gasteiger partial charge on any atom is 0.353 e. The number of hydrogen-bond acceptors (Lipinski definition) is 7. The minimum atomic E-state index is -0.599. The third kappa shape index (κ3) is 4.50. The second-order valence-electron chi connectivity index (χ2n) is 9.11. The fraction of sp³-hybridized carbons (Fsp3) is 0.296. The number of halogens is 1. The van der Waals surface area contributed by atoms with Crippen molar-refractivity contribution in [2.45, 2.75) is 24.7 Å².